The second-order valence-corrected chi connectivity index (χ2v) is 7.28. The number of nitrogens with zero attached hydrogens (tertiary/aromatic N) is 2. The number of aromatic amines is 2. The van der Waals surface area contributed by atoms with Gasteiger partial charge in [-0.15, -0.1) is 24.0 Å². The van der Waals surface area contributed by atoms with E-state index in [0.29, 0.717) is 12.8 Å². The van der Waals surface area contributed by atoms with Crippen LogP contribution >= 0.6 is 24.0 Å². The van der Waals surface area contributed by atoms with Crippen molar-refractivity contribution in [2.45, 2.75) is 12.8 Å². The lowest BCUT2D eigenvalue weighted by Crippen LogP contribution is -2.01. The Balaban J connectivity index is 0.00000231. The highest BCUT2D eigenvalue weighted by Gasteiger charge is 2.07. The number of H-pyrrole nitrogens is 2. The van der Waals surface area contributed by atoms with E-state index < -0.39 is 0 Å². The third-order valence-corrected chi connectivity index (χ3v) is 5.08. The van der Waals surface area contributed by atoms with E-state index in [0.717, 1.165) is 50.4 Å². The van der Waals surface area contributed by atoms with Crippen LogP contribution in [0.15, 0.2) is 42.5 Å². The Morgan fingerprint density at radius 3 is 2.10 bits per heavy atom. The lowest BCUT2D eigenvalue weighted by molar-refractivity contribution is -0.140. The predicted molar refractivity (Wildman–Crippen MR) is 135 cm³/mol. The third-order valence-electron chi connectivity index (χ3n) is 5.08. The van der Waals surface area contributed by atoms with Crippen LogP contribution < -0.4 is 0 Å². The summed E-state index contributed by atoms with van der Waals surface area (Å²) in [5.74, 6) is -0.222. The summed E-state index contributed by atoms with van der Waals surface area (Å²) in [6, 6.07) is 14.2. The summed E-state index contributed by atoms with van der Waals surface area (Å²) in [7, 11) is 1.41. The van der Waals surface area contributed by atoms with Gasteiger partial charge in [0.15, 0.2) is 0 Å². The molecule has 8 bridgehead atoms. The molecule has 2 N–H and O–H groups in total. The molecular formula is C24H21IN4O2. The van der Waals surface area contributed by atoms with Crippen LogP contribution in [0.4, 0.5) is 0 Å². The van der Waals surface area contributed by atoms with Crippen LogP contribution in [0.1, 0.15) is 34.8 Å². The van der Waals surface area contributed by atoms with Gasteiger partial charge >= 0.3 is 5.97 Å². The van der Waals surface area contributed by atoms with Crippen molar-refractivity contribution in [3.8, 4) is 0 Å². The van der Waals surface area contributed by atoms with Crippen LogP contribution in [-0.2, 0) is 16.0 Å². The van der Waals surface area contributed by atoms with Gasteiger partial charge in [-0.2, -0.15) is 0 Å². The molecule has 0 radical (unpaired) electrons. The minimum atomic E-state index is -0.222. The fourth-order valence-corrected chi connectivity index (χ4v) is 3.62. The molecule has 6 nitrogen and oxygen atoms in total. The first kappa shape index (κ1) is 21.0. The molecular weight excluding hydrogens is 503 g/mol. The van der Waals surface area contributed by atoms with Gasteiger partial charge in [0.2, 0.25) is 0 Å². The lowest BCUT2D eigenvalue weighted by Gasteiger charge is -1.98. The normalized spacial score (nSPS) is 11.9. The molecule has 5 heterocycles. The van der Waals surface area contributed by atoms with Crippen molar-refractivity contribution in [3.05, 3.63) is 70.8 Å². The van der Waals surface area contributed by atoms with Crippen LogP contribution in [0, 0.1) is 0 Å². The maximum Gasteiger partial charge on any atom is 0.305 e. The highest BCUT2D eigenvalue weighted by atomic mass is 127. The monoisotopic (exact) mass is 524 g/mol. The number of ether oxygens (including phenoxy) is 1. The van der Waals surface area contributed by atoms with E-state index >= 15 is 0 Å². The summed E-state index contributed by atoms with van der Waals surface area (Å²) in [6.45, 7) is 0. The molecule has 0 aromatic carbocycles. The number of hydrogen-bond acceptors (Lipinski definition) is 4. The molecule has 3 aromatic rings. The van der Waals surface area contributed by atoms with E-state index in [1.165, 1.54) is 7.11 Å². The van der Waals surface area contributed by atoms with E-state index in [1.807, 2.05) is 60.7 Å². The topological polar surface area (TPSA) is 83.7 Å². The number of aryl methyl sites for hydroxylation is 1. The van der Waals surface area contributed by atoms with Gasteiger partial charge in [-0.05, 0) is 78.8 Å². The number of esters is 1. The first-order valence-corrected chi connectivity index (χ1v) is 9.79. The number of rotatable bonds is 3. The summed E-state index contributed by atoms with van der Waals surface area (Å²) < 4.78 is 4.80. The zero-order chi connectivity index (χ0) is 20.5. The third kappa shape index (κ3) is 4.77. The van der Waals surface area contributed by atoms with Crippen molar-refractivity contribution in [2.24, 2.45) is 0 Å². The van der Waals surface area contributed by atoms with Gasteiger partial charge in [0.25, 0.3) is 0 Å². The molecule has 31 heavy (non-hydrogen) atoms. The largest absolute Gasteiger partial charge is 0.469 e. The molecule has 156 valence electrons. The Kier molecular flexibility index (Phi) is 6.03. The van der Waals surface area contributed by atoms with E-state index in [1.54, 1.807) is 0 Å². The predicted octanol–water partition coefficient (Wildman–Crippen LogP) is 5.38. The van der Waals surface area contributed by atoms with Crippen LogP contribution in [0.3, 0.4) is 0 Å². The van der Waals surface area contributed by atoms with Crippen molar-refractivity contribution in [2.75, 3.05) is 7.11 Å². The van der Waals surface area contributed by atoms with Gasteiger partial charge in [-0.3, -0.25) is 4.79 Å². The first-order valence-electron chi connectivity index (χ1n) is 9.79. The zero-order valence-corrected chi connectivity index (χ0v) is 19.2. The number of nitrogens with one attached hydrogen (secondary N) is 2. The molecule has 0 atom stereocenters. The summed E-state index contributed by atoms with van der Waals surface area (Å²) in [5.41, 5.74) is 8.37. The first-order chi connectivity index (χ1) is 14.6. The molecule has 0 saturated heterocycles. The summed E-state index contributed by atoms with van der Waals surface area (Å²) in [4.78, 5) is 27.8. The molecule has 2 aliphatic rings. The summed E-state index contributed by atoms with van der Waals surface area (Å²) >= 11 is 0. The maximum absolute atomic E-state index is 11.6. The molecule has 0 saturated carbocycles. The van der Waals surface area contributed by atoms with Crippen LogP contribution in [0.5, 0.6) is 0 Å². The molecule has 0 aliphatic carbocycles. The number of carbonyl (C=O) groups excluding carboxylic acids is 1. The molecule has 3 aromatic heterocycles. The lowest BCUT2D eigenvalue weighted by atomic mass is 10.1. The molecule has 0 amide bonds. The number of hydrogen-bond donors (Lipinski definition) is 2. The molecule has 0 fully saturated rings. The smallest absolute Gasteiger partial charge is 0.305 e. The Morgan fingerprint density at radius 2 is 1.42 bits per heavy atom. The van der Waals surface area contributed by atoms with Crippen molar-refractivity contribution >= 4 is 76.3 Å². The highest BCUT2D eigenvalue weighted by molar-refractivity contribution is 14.0. The molecule has 7 heteroatoms. The molecule has 5 rings (SSSR count). The van der Waals surface area contributed by atoms with Crippen molar-refractivity contribution < 1.29 is 9.53 Å². The van der Waals surface area contributed by atoms with Crippen molar-refractivity contribution in [1.29, 1.82) is 0 Å². The zero-order valence-electron chi connectivity index (χ0n) is 16.9. The van der Waals surface area contributed by atoms with Gasteiger partial charge < -0.3 is 14.7 Å². The van der Waals surface area contributed by atoms with E-state index in [4.69, 9.17) is 4.74 Å². The number of fused-ring (bicyclic) bond motifs is 8. The van der Waals surface area contributed by atoms with Crippen molar-refractivity contribution in [1.82, 2.24) is 19.9 Å². The average molecular weight is 524 g/mol. The second-order valence-electron chi connectivity index (χ2n) is 7.28. The number of halogens is 1. The number of methoxy groups -OCH3 is 1. The summed E-state index contributed by atoms with van der Waals surface area (Å²) in [6.07, 6.45) is 8.85. The number of carbonyl (C=O) groups is 1. The minimum Gasteiger partial charge on any atom is -0.469 e. The maximum atomic E-state index is 11.6. The quantitative estimate of drug-likeness (QED) is 0.245. The van der Waals surface area contributed by atoms with Gasteiger partial charge in [-0.25, -0.2) is 9.97 Å². The SMILES string of the molecule is COC(=O)CCc1cc2cc3ccc(cc4nc(cc5nc(cc1[nH]2)C=C5)C=C4)[nH]3.I. The number of aromatic nitrogens is 4. The average Bonchev–Trinajstić information content (AvgIpc) is 3.51. The van der Waals surface area contributed by atoms with Crippen molar-refractivity contribution in [3.63, 3.8) is 0 Å². The molecule has 0 spiro atoms. The fraction of sp³-hybridized carbons (Fsp3) is 0.125. The Labute approximate surface area is 196 Å². The standard InChI is InChI=1S/C24H20N4O2.HI/c1-30-24(29)9-2-15-10-22-13-20-6-5-18(26-20)11-16-3-4-17(25-16)12-19-7-8-21(27-19)14-23(15)28-22;/h3-8,10-14,26,28H,2,9H2,1H3;1H. The Bertz CT molecular complexity index is 1360. The van der Waals surface area contributed by atoms with E-state index in [-0.39, 0.29) is 29.9 Å². The highest BCUT2D eigenvalue weighted by Crippen LogP contribution is 2.20. The van der Waals surface area contributed by atoms with E-state index in [9.17, 15) is 4.79 Å². The van der Waals surface area contributed by atoms with Gasteiger partial charge in [0.05, 0.1) is 29.9 Å². The van der Waals surface area contributed by atoms with Gasteiger partial charge in [-0.1, -0.05) is 0 Å². The van der Waals surface area contributed by atoms with Gasteiger partial charge in [0.1, 0.15) is 0 Å². The fourth-order valence-electron chi connectivity index (χ4n) is 3.62. The second kappa shape index (κ2) is 8.89. The van der Waals surface area contributed by atoms with Crippen LogP contribution in [-0.4, -0.2) is 33.0 Å². The molecule has 0 unspecified atom stereocenters. The van der Waals surface area contributed by atoms with Crippen LogP contribution in [0.2, 0.25) is 0 Å². The summed E-state index contributed by atoms with van der Waals surface area (Å²) in [5, 5.41) is 0. The van der Waals surface area contributed by atoms with Gasteiger partial charge in [0, 0.05) is 28.5 Å². The minimum absolute atomic E-state index is 0. The Hall–Kier alpha value is -3.20. The Morgan fingerprint density at radius 1 is 0.806 bits per heavy atom. The van der Waals surface area contributed by atoms with E-state index in [2.05, 4.69) is 26.0 Å². The molecule has 2 aliphatic heterocycles. The van der Waals surface area contributed by atoms with Crippen LogP contribution in [0.25, 0.3) is 46.4 Å².